The van der Waals surface area contributed by atoms with Crippen LogP contribution >= 0.6 is 15.9 Å². The molecule has 0 aliphatic carbocycles. The van der Waals surface area contributed by atoms with Crippen molar-refractivity contribution in [3.63, 3.8) is 0 Å². The Hall–Kier alpha value is -1.95. The van der Waals surface area contributed by atoms with E-state index in [1.165, 1.54) is 6.07 Å². The Morgan fingerprint density at radius 3 is 2.84 bits per heavy atom. The molecule has 0 bridgehead atoms. The van der Waals surface area contributed by atoms with Crippen LogP contribution in [0.2, 0.25) is 0 Å². The van der Waals surface area contributed by atoms with Crippen molar-refractivity contribution in [2.24, 2.45) is 0 Å². The number of anilines is 1. The summed E-state index contributed by atoms with van der Waals surface area (Å²) >= 11 is 3.35. The molecule has 19 heavy (non-hydrogen) atoms. The van der Waals surface area contributed by atoms with E-state index in [0.717, 1.165) is 11.3 Å². The van der Waals surface area contributed by atoms with Crippen molar-refractivity contribution in [3.8, 4) is 0 Å². The van der Waals surface area contributed by atoms with Gasteiger partial charge in [0.1, 0.15) is 4.60 Å². The van der Waals surface area contributed by atoms with E-state index in [0.29, 0.717) is 4.60 Å². The maximum absolute atomic E-state index is 10.8. The van der Waals surface area contributed by atoms with Crippen LogP contribution in [0.1, 0.15) is 18.5 Å². The number of halogens is 1. The number of rotatable bonds is 4. The number of nitrogens with one attached hydrogen (secondary N) is 1. The van der Waals surface area contributed by atoms with Gasteiger partial charge in [0.2, 0.25) is 0 Å². The number of nitrogens with zero attached hydrogens (tertiary/aromatic N) is 2. The highest BCUT2D eigenvalue weighted by Gasteiger charge is 2.11. The molecule has 1 N–H and O–H groups in total. The summed E-state index contributed by atoms with van der Waals surface area (Å²) in [6.07, 6.45) is 1.69. The minimum absolute atomic E-state index is 0.0552. The fraction of sp³-hybridized carbons (Fsp3) is 0.154. The second-order valence-corrected chi connectivity index (χ2v) is 4.81. The summed E-state index contributed by atoms with van der Waals surface area (Å²) in [5, 5.41) is 14.0. The maximum Gasteiger partial charge on any atom is 0.269 e. The van der Waals surface area contributed by atoms with Crippen LogP contribution in [0.25, 0.3) is 0 Å². The van der Waals surface area contributed by atoms with Crippen molar-refractivity contribution in [1.82, 2.24) is 4.98 Å². The standard InChI is InChI=1S/C13H12BrN3O2/c1-9(16-12-6-3-7-15-13(12)14)10-4-2-5-11(8-10)17(18)19/h2-9,16H,1H3. The smallest absolute Gasteiger partial charge is 0.269 e. The molecule has 1 atom stereocenters. The molecule has 0 saturated heterocycles. The average Bonchev–Trinajstić information content (AvgIpc) is 2.41. The van der Waals surface area contributed by atoms with Crippen molar-refractivity contribution in [1.29, 1.82) is 0 Å². The lowest BCUT2D eigenvalue weighted by atomic mass is 10.1. The summed E-state index contributed by atoms with van der Waals surface area (Å²) in [7, 11) is 0. The molecule has 5 nitrogen and oxygen atoms in total. The topological polar surface area (TPSA) is 68.1 Å². The Kier molecular flexibility index (Phi) is 4.11. The van der Waals surface area contributed by atoms with E-state index in [-0.39, 0.29) is 11.7 Å². The highest BCUT2D eigenvalue weighted by molar-refractivity contribution is 9.10. The second kappa shape index (κ2) is 5.79. The largest absolute Gasteiger partial charge is 0.376 e. The summed E-state index contributed by atoms with van der Waals surface area (Å²) in [5.41, 5.74) is 1.79. The van der Waals surface area contributed by atoms with E-state index in [9.17, 15) is 10.1 Å². The Labute approximate surface area is 119 Å². The van der Waals surface area contributed by atoms with Gasteiger partial charge in [0.25, 0.3) is 5.69 Å². The number of nitro groups is 1. The second-order valence-electron chi connectivity index (χ2n) is 4.06. The summed E-state index contributed by atoms with van der Waals surface area (Å²) in [4.78, 5) is 14.5. The number of hydrogen-bond acceptors (Lipinski definition) is 4. The molecule has 0 aliphatic rings. The van der Waals surface area contributed by atoms with Crippen LogP contribution in [-0.2, 0) is 0 Å². The molecule has 0 aliphatic heterocycles. The number of benzene rings is 1. The van der Waals surface area contributed by atoms with Crippen LogP contribution in [-0.4, -0.2) is 9.91 Å². The van der Waals surface area contributed by atoms with Crippen molar-refractivity contribution in [3.05, 3.63) is 62.9 Å². The summed E-state index contributed by atoms with van der Waals surface area (Å²) in [5.74, 6) is 0. The normalized spacial score (nSPS) is 11.9. The molecule has 1 aromatic carbocycles. The molecule has 0 spiro atoms. The van der Waals surface area contributed by atoms with Crippen molar-refractivity contribution < 1.29 is 4.92 Å². The number of hydrogen-bond donors (Lipinski definition) is 1. The van der Waals surface area contributed by atoms with Gasteiger partial charge in [-0.15, -0.1) is 0 Å². The van der Waals surface area contributed by atoms with Crippen molar-refractivity contribution >= 4 is 27.3 Å². The van der Waals surface area contributed by atoms with Gasteiger partial charge in [0, 0.05) is 24.4 Å². The van der Waals surface area contributed by atoms with Crippen LogP contribution in [0.15, 0.2) is 47.2 Å². The molecule has 0 fully saturated rings. The van der Waals surface area contributed by atoms with Gasteiger partial charge in [-0.1, -0.05) is 12.1 Å². The van der Waals surface area contributed by atoms with Gasteiger partial charge in [-0.2, -0.15) is 0 Å². The molecule has 2 aromatic rings. The lowest BCUT2D eigenvalue weighted by molar-refractivity contribution is -0.384. The predicted octanol–water partition coefficient (Wildman–Crippen LogP) is 3.93. The first kappa shape index (κ1) is 13.5. The number of pyridine rings is 1. The average molecular weight is 322 g/mol. The van der Waals surface area contributed by atoms with Gasteiger partial charge in [0.15, 0.2) is 0 Å². The Morgan fingerprint density at radius 1 is 1.37 bits per heavy atom. The minimum atomic E-state index is -0.393. The van der Waals surface area contributed by atoms with Gasteiger partial charge in [-0.3, -0.25) is 10.1 Å². The molecule has 1 unspecified atom stereocenters. The van der Waals surface area contributed by atoms with Crippen LogP contribution < -0.4 is 5.32 Å². The van der Waals surface area contributed by atoms with Crippen LogP contribution in [0.5, 0.6) is 0 Å². The molecule has 0 amide bonds. The zero-order valence-corrected chi connectivity index (χ0v) is 11.8. The van der Waals surface area contributed by atoms with E-state index in [4.69, 9.17) is 0 Å². The molecule has 0 radical (unpaired) electrons. The molecular formula is C13H12BrN3O2. The number of aromatic nitrogens is 1. The third-order valence-electron chi connectivity index (χ3n) is 2.71. The quantitative estimate of drug-likeness (QED) is 0.526. The van der Waals surface area contributed by atoms with Crippen molar-refractivity contribution in [2.45, 2.75) is 13.0 Å². The van der Waals surface area contributed by atoms with Gasteiger partial charge < -0.3 is 5.32 Å². The first-order valence-electron chi connectivity index (χ1n) is 5.69. The van der Waals surface area contributed by atoms with Gasteiger partial charge in [-0.05, 0) is 40.5 Å². The first-order valence-corrected chi connectivity index (χ1v) is 6.48. The molecular weight excluding hydrogens is 310 g/mol. The van der Waals surface area contributed by atoms with E-state index in [1.807, 2.05) is 25.1 Å². The van der Waals surface area contributed by atoms with E-state index < -0.39 is 4.92 Å². The fourth-order valence-electron chi connectivity index (χ4n) is 1.72. The van der Waals surface area contributed by atoms with Gasteiger partial charge in [-0.25, -0.2) is 4.98 Å². The summed E-state index contributed by atoms with van der Waals surface area (Å²) in [6.45, 7) is 1.94. The highest BCUT2D eigenvalue weighted by atomic mass is 79.9. The Bertz CT molecular complexity index is 604. The van der Waals surface area contributed by atoms with Crippen LogP contribution in [0.3, 0.4) is 0 Å². The van der Waals surface area contributed by atoms with Crippen LogP contribution in [0.4, 0.5) is 11.4 Å². The molecule has 0 saturated carbocycles. The van der Waals surface area contributed by atoms with Gasteiger partial charge in [0.05, 0.1) is 10.6 Å². The lowest BCUT2D eigenvalue weighted by Gasteiger charge is -2.16. The lowest BCUT2D eigenvalue weighted by Crippen LogP contribution is -2.07. The van der Waals surface area contributed by atoms with E-state index in [2.05, 4.69) is 26.2 Å². The molecule has 1 aromatic heterocycles. The van der Waals surface area contributed by atoms with Gasteiger partial charge >= 0.3 is 0 Å². The fourth-order valence-corrected chi connectivity index (χ4v) is 2.08. The third-order valence-corrected chi connectivity index (χ3v) is 3.34. The molecule has 2 rings (SSSR count). The SMILES string of the molecule is CC(Nc1cccnc1Br)c1cccc([N+](=O)[O-])c1. The maximum atomic E-state index is 10.8. The Balaban J connectivity index is 2.20. The zero-order chi connectivity index (χ0) is 13.8. The van der Waals surface area contributed by atoms with Crippen LogP contribution in [0, 0.1) is 10.1 Å². The highest BCUT2D eigenvalue weighted by Crippen LogP contribution is 2.26. The first-order chi connectivity index (χ1) is 9.08. The molecule has 1 heterocycles. The predicted molar refractivity (Wildman–Crippen MR) is 77.1 cm³/mol. The molecule has 98 valence electrons. The summed E-state index contributed by atoms with van der Waals surface area (Å²) in [6, 6.07) is 10.3. The monoisotopic (exact) mass is 321 g/mol. The Morgan fingerprint density at radius 2 is 2.16 bits per heavy atom. The minimum Gasteiger partial charge on any atom is -0.376 e. The number of non-ortho nitro benzene ring substituents is 1. The molecule has 6 heteroatoms. The van der Waals surface area contributed by atoms with E-state index >= 15 is 0 Å². The van der Waals surface area contributed by atoms with E-state index in [1.54, 1.807) is 18.3 Å². The number of nitro benzene ring substituents is 1. The zero-order valence-electron chi connectivity index (χ0n) is 10.2. The summed E-state index contributed by atoms with van der Waals surface area (Å²) < 4.78 is 0.715. The van der Waals surface area contributed by atoms with Crippen molar-refractivity contribution in [2.75, 3.05) is 5.32 Å². The third kappa shape index (κ3) is 3.29.